The lowest BCUT2D eigenvalue weighted by Gasteiger charge is -2.15. The molecule has 0 N–H and O–H groups in total. The minimum atomic E-state index is 0.704. The van der Waals surface area contributed by atoms with Crippen LogP contribution in [0.15, 0.2) is 103 Å². The summed E-state index contributed by atoms with van der Waals surface area (Å²) >= 11 is 4.16. The van der Waals surface area contributed by atoms with Gasteiger partial charge in [0.05, 0.1) is 28.4 Å². The Morgan fingerprint density at radius 1 is 0.657 bits per heavy atom. The maximum absolute atomic E-state index is 9.31. The van der Waals surface area contributed by atoms with Crippen molar-refractivity contribution >= 4 is 75.9 Å². The molecular formula is C31H17IN2S. The third-order valence-electron chi connectivity index (χ3n) is 6.69. The third kappa shape index (κ3) is 3.19. The Morgan fingerprint density at radius 3 is 2.03 bits per heavy atom. The fraction of sp³-hybridized carbons (Fsp3) is 0. The van der Waals surface area contributed by atoms with Gasteiger partial charge >= 0.3 is 0 Å². The predicted molar refractivity (Wildman–Crippen MR) is 157 cm³/mol. The molecule has 164 valence electrons. The minimum absolute atomic E-state index is 0.704. The molecule has 4 heteroatoms. The van der Waals surface area contributed by atoms with Crippen LogP contribution >= 0.6 is 33.9 Å². The van der Waals surface area contributed by atoms with E-state index in [1.807, 2.05) is 12.1 Å². The van der Waals surface area contributed by atoms with Crippen LogP contribution in [0.5, 0.6) is 0 Å². The summed E-state index contributed by atoms with van der Waals surface area (Å²) in [6.07, 6.45) is 0. The number of rotatable bonds is 2. The van der Waals surface area contributed by atoms with Crippen LogP contribution in [0.25, 0.3) is 58.8 Å². The largest absolute Gasteiger partial charge is 0.309 e. The van der Waals surface area contributed by atoms with Gasteiger partial charge in [-0.3, -0.25) is 0 Å². The molecule has 5 aromatic carbocycles. The highest BCUT2D eigenvalue weighted by Gasteiger charge is 2.16. The summed E-state index contributed by atoms with van der Waals surface area (Å²) in [6.45, 7) is 0. The molecule has 0 spiro atoms. The van der Waals surface area contributed by atoms with Crippen molar-refractivity contribution in [2.24, 2.45) is 0 Å². The molecule has 0 bridgehead atoms. The molecular weight excluding hydrogens is 559 g/mol. The Labute approximate surface area is 219 Å². The van der Waals surface area contributed by atoms with Gasteiger partial charge < -0.3 is 4.57 Å². The van der Waals surface area contributed by atoms with E-state index in [-0.39, 0.29) is 0 Å². The Bertz CT molecular complexity index is 1930. The van der Waals surface area contributed by atoms with Crippen molar-refractivity contribution in [3.05, 3.63) is 112 Å². The number of para-hydroxylation sites is 2. The van der Waals surface area contributed by atoms with Crippen LogP contribution in [0, 0.1) is 14.9 Å². The van der Waals surface area contributed by atoms with Gasteiger partial charge in [-0.15, -0.1) is 11.3 Å². The lowest BCUT2D eigenvalue weighted by Crippen LogP contribution is -1.97. The van der Waals surface area contributed by atoms with E-state index in [9.17, 15) is 5.26 Å². The maximum atomic E-state index is 9.31. The number of halogens is 1. The highest BCUT2D eigenvalue weighted by molar-refractivity contribution is 14.1. The van der Waals surface area contributed by atoms with Gasteiger partial charge in [-0.05, 0) is 76.7 Å². The minimum Gasteiger partial charge on any atom is -0.309 e. The smallest absolute Gasteiger partial charge is 0.0992 e. The fourth-order valence-corrected chi connectivity index (χ4v) is 6.81. The number of nitriles is 1. The molecule has 7 rings (SSSR count). The van der Waals surface area contributed by atoms with E-state index in [1.54, 1.807) is 11.3 Å². The lowest BCUT2D eigenvalue weighted by atomic mass is 10.0. The van der Waals surface area contributed by atoms with Crippen molar-refractivity contribution in [2.45, 2.75) is 0 Å². The van der Waals surface area contributed by atoms with E-state index >= 15 is 0 Å². The Balaban J connectivity index is 1.51. The molecule has 0 aliphatic carbocycles. The van der Waals surface area contributed by atoms with Gasteiger partial charge in [0.2, 0.25) is 0 Å². The zero-order valence-corrected chi connectivity index (χ0v) is 21.5. The Morgan fingerprint density at radius 2 is 1.31 bits per heavy atom. The van der Waals surface area contributed by atoms with Crippen molar-refractivity contribution in [3.8, 4) is 22.9 Å². The fourth-order valence-electron chi connectivity index (χ4n) is 5.13. The number of hydrogen-bond donors (Lipinski definition) is 0. The van der Waals surface area contributed by atoms with Gasteiger partial charge in [-0.25, -0.2) is 0 Å². The van der Waals surface area contributed by atoms with E-state index in [1.165, 1.54) is 57.7 Å². The first kappa shape index (κ1) is 20.7. The first-order valence-electron chi connectivity index (χ1n) is 11.4. The lowest BCUT2D eigenvalue weighted by molar-refractivity contribution is 1.18. The number of nitrogens with zero attached hydrogens (tertiary/aromatic N) is 2. The quantitative estimate of drug-likeness (QED) is 0.189. The summed E-state index contributed by atoms with van der Waals surface area (Å²) in [6, 6.07) is 39.0. The average Bonchev–Trinajstić information content (AvgIpc) is 3.43. The van der Waals surface area contributed by atoms with Gasteiger partial charge in [-0.2, -0.15) is 5.26 Å². The van der Waals surface area contributed by atoms with Crippen LogP contribution in [-0.4, -0.2) is 4.57 Å². The van der Waals surface area contributed by atoms with Crippen LogP contribution in [0.2, 0.25) is 0 Å². The topological polar surface area (TPSA) is 28.7 Å². The van der Waals surface area contributed by atoms with Crippen molar-refractivity contribution in [2.75, 3.05) is 0 Å². The van der Waals surface area contributed by atoms with Crippen molar-refractivity contribution in [3.63, 3.8) is 0 Å². The zero-order valence-electron chi connectivity index (χ0n) is 18.5. The molecule has 0 unspecified atom stereocenters. The molecule has 0 fully saturated rings. The second-order valence-electron chi connectivity index (χ2n) is 8.67. The van der Waals surface area contributed by atoms with Crippen molar-refractivity contribution in [1.82, 2.24) is 4.57 Å². The van der Waals surface area contributed by atoms with Crippen LogP contribution in [0.1, 0.15) is 5.56 Å². The third-order valence-corrected chi connectivity index (χ3v) is 8.48. The summed E-state index contributed by atoms with van der Waals surface area (Å²) < 4.78 is 5.99. The van der Waals surface area contributed by atoms with Gasteiger partial charge in [0.1, 0.15) is 0 Å². The first-order valence-corrected chi connectivity index (χ1v) is 13.3. The summed E-state index contributed by atoms with van der Waals surface area (Å²) in [4.78, 5) is 0. The maximum Gasteiger partial charge on any atom is 0.0992 e. The van der Waals surface area contributed by atoms with Crippen LogP contribution in [0.4, 0.5) is 0 Å². The van der Waals surface area contributed by atoms with Gasteiger partial charge in [0.25, 0.3) is 0 Å². The molecule has 2 heterocycles. The van der Waals surface area contributed by atoms with Gasteiger partial charge in [0, 0.05) is 40.1 Å². The number of aromatic nitrogens is 1. The average molecular weight is 576 g/mol. The molecule has 0 saturated heterocycles. The summed E-state index contributed by atoms with van der Waals surface area (Å²) in [5.74, 6) is 0. The molecule has 0 atom stereocenters. The molecule has 0 aliphatic rings. The molecule has 2 aromatic heterocycles. The predicted octanol–water partition coefficient (Wildman–Crippen LogP) is 9.29. The van der Waals surface area contributed by atoms with Crippen molar-refractivity contribution < 1.29 is 0 Å². The number of hydrogen-bond acceptors (Lipinski definition) is 2. The normalized spacial score (nSPS) is 11.5. The highest BCUT2D eigenvalue weighted by atomic mass is 127. The Hall–Kier alpha value is -3.66. The Kier molecular flexibility index (Phi) is 4.70. The van der Waals surface area contributed by atoms with Gasteiger partial charge in [0.15, 0.2) is 0 Å². The molecule has 7 aromatic rings. The van der Waals surface area contributed by atoms with E-state index in [0.29, 0.717) is 5.56 Å². The second kappa shape index (κ2) is 7.94. The molecule has 0 saturated carbocycles. The summed E-state index contributed by atoms with van der Waals surface area (Å²) in [5.41, 5.74) is 6.71. The first-order chi connectivity index (χ1) is 17.2. The van der Waals surface area contributed by atoms with Crippen LogP contribution in [0.3, 0.4) is 0 Å². The number of fused-ring (bicyclic) bond motifs is 6. The zero-order chi connectivity index (χ0) is 23.5. The summed E-state index contributed by atoms with van der Waals surface area (Å²) in [7, 11) is 0. The SMILES string of the molecule is N#Cc1ccc2c(c1)sc1cc(-c3cc(I)ccc3-n3c4ccccc4c4ccccc43)ccc12. The molecule has 0 amide bonds. The monoisotopic (exact) mass is 576 g/mol. The standard InChI is InChI=1S/C31H17IN2S/c32-21-11-14-29(34-27-7-3-1-5-22(27)23-6-2-4-8-28(23)34)26(17-21)20-10-13-25-24-12-9-19(18-33)15-30(24)35-31(25)16-20/h1-17H. The molecule has 35 heavy (non-hydrogen) atoms. The molecule has 0 aliphatic heterocycles. The highest BCUT2D eigenvalue weighted by Crippen LogP contribution is 2.40. The van der Waals surface area contributed by atoms with E-state index in [0.717, 1.165) is 4.70 Å². The van der Waals surface area contributed by atoms with Gasteiger partial charge in [-0.1, -0.05) is 54.6 Å². The van der Waals surface area contributed by atoms with Crippen LogP contribution < -0.4 is 0 Å². The summed E-state index contributed by atoms with van der Waals surface area (Å²) in [5, 5.41) is 14.3. The van der Waals surface area contributed by atoms with Crippen LogP contribution in [-0.2, 0) is 0 Å². The van der Waals surface area contributed by atoms with E-state index in [2.05, 4.69) is 124 Å². The number of benzene rings is 5. The number of thiophene rings is 1. The van der Waals surface area contributed by atoms with E-state index in [4.69, 9.17) is 0 Å². The second-order valence-corrected chi connectivity index (χ2v) is 11.0. The van der Waals surface area contributed by atoms with E-state index < -0.39 is 0 Å². The van der Waals surface area contributed by atoms with Crippen molar-refractivity contribution in [1.29, 1.82) is 5.26 Å². The molecule has 2 nitrogen and oxygen atoms in total. The molecule has 0 radical (unpaired) electrons.